The quantitative estimate of drug-likeness (QED) is 0.600. The molecule has 1 fully saturated rings. The molecule has 1 aliphatic heterocycles. The highest BCUT2D eigenvalue weighted by Gasteiger charge is 2.25. The molecule has 2 N–H and O–H groups in total. The SMILES string of the molecule is CCNc1cc(S(=O)(=O)NC2CCOC2)ccc1[N+](=O)[O-]. The van der Waals surface area contributed by atoms with E-state index in [0.717, 1.165) is 0 Å². The Bertz CT molecular complexity index is 626. The van der Waals surface area contributed by atoms with Crippen molar-refractivity contribution in [1.29, 1.82) is 0 Å². The number of hydrogen-bond acceptors (Lipinski definition) is 6. The topological polar surface area (TPSA) is 111 Å². The Morgan fingerprint density at radius 2 is 2.24 bits per heavy atom. The molecule has 0 bridgehead atoms. The first-order valence-electron chi connectivity index (χ1n) is 6.56. The molecule has 0 amide bonds. The van der Waals surface area contributed by atoms with Crippen molar-refractivity contribution in [2.45, 2.75) is 24.3 Å². The van der Waals surface area contributed by atoms with Gasteiger partial charge in [0.2, 0.25) is 10.0 Å². The van der Waals surface area contributed by atoms with E-state index >= 15 is 0 Å². The molecule has 0 aromatic heterocycles. The second-order valence-corrected chi connectivity index (χ2v) is 6.36. The Morgan fingerprint density at radius 3 is 2.81 bits per heavy atom. The van der Waals surface area contributed by atoms with E-state index in [1.165, 1.54) is 18.2 Å². The largest absolute Gasteiger partial charge is 0.380 e. The van der Waals surface area contributed by atoms with Crippen molar-refractivity contribution >= 4 is 21.4 Å². The van der Waals surface area contributed by atoms with Crippen LogP contribution < -0.4 is 10.0 Å². The summed E-state index contributed by atoms with van der Waals surface area (Å²) in [5.74, 6) is 0. The van der Waals surface area contributed by atoms with E-state index in [2.05, 4.69) is 10.0 Å². The van der Waals surface area contributed by atoms with Crippen molar-refractivity contribution in [2.24, 2.45) is 0 Å². The highest BCUT2D eigenvalue weighted by atomic mass is 32.2. The van der Waals surface area contributed by atoms with Crippen LogP contribution in [0.4, 0.5) is 11.4 Å². The van der Waals surface area contributed by atoms with Crippen LogP contribution >= 0.6 is 0 Å². The van der Waals surface area contributed by atoms with E-state index in [-0.39, 0.29) is 22.3 Å². The van der Waals surface area contributed by atoms with Gasteiger partial charge in [-0.15, -0.1) is 0 Å². The van der Waals surface area contributed by atoms with E-state index in [1.54, 1.807) is 6.92 Å². The lowest BCUT2D eigenvalue weighted by molar-refractivity contribution is -0.384. The minimum atomic E-state index is -3.72. The third kappa shape index (κ3) is 3.69. The number of sulfonamides is 1. The van der Waals surface area contributed by atoms with Gasteiger partial charge in [-0.05, 0) is 25.5 Å². The number of nitrogens with one attached hydrogen (secondary N) is 2. The summed E-state index contributed by atoms with van der Waals surface area (Å²) in [6.45, 7) is 3.09. The monoisotopic (exact) mass is 315 g/mol. The summed E-state index contributed by atoms with van der Waals surface area (Å²) in [7, 11) is -3.72. The molecule has 1 aliphatic rings. The van der Waals surface area contributed by atoms with Crippen molar-refractivity contribution in [3.8, 4) is 0 Å². The van der Waals surface area contributed by atoms with Crippen LogP contribution in [-0.2, 0) is 14.8 Å². The first-order chi connectivity index (χ1) is 9.94. The standard InChI is InChI=1S/C12H17N3O5S/c1-2-13-11-7-10(3-4-12(11)15(16)17)21(18,19)14-9-5-6-20-8-9/h3-4,7,9,13-14H,2,5-6,8H2,1H3. The first kappa shape index (κ1) is 15.7. The molecular formula is C12H17N3O5S. The summed E-state index contributed by atoms with van der Waals surface area (Å²) < 4.78 is 32.2. The molecule has 0 spiro atoms. The van der Waals surface area contributed by atoms with Crippen molar-refractivity contribution in [3.63, 3.8) is 0 Å². The summed E-state index contributed by atoms with van der Waals surface area (Å²) in [5, 5.41) is 13.7. The fraction of sp³-hybridized carbons (Fsp3) is 0.500. The molecule has 9 heteroatoms. The summed E-state index contributed by atoms with van der Waals surface area (Å²) in [6.07, 6.45) is 0.617. The smallest absolute Gasteiger partial charge is 0.292 e. The van der Waals surface area contributed by atoms with Crippen LogP contribution in [0.15, 0.2) is 23.1 Å². The first-order valence-corrected chi connectivity index (χ1v) is 8.04. The number of benzene rings is 1. The van der Waals surface area contributed by atoms with Crippen LogP contribution in [-0.4, -0.2) is 39.1 Å². The lowest BCUT2D eigenvalue weighted by Crippen LogP contribution is -2.35. The number of nitro groups is 1. The van der Waals surface area contributed by atoms with E-state index < -0.39 is 14.9 Å². The molecule has 0 aliphatic carbocycles. The molecule has 1 atom stereocenters. The second kappa shape index (κ2) is 6.37. The molecule has 1 unspecified atom stereocenters. The minimum Gasteiger partial charge on any atom is -0.380 e. The van der Waals surface area contributed by atoms with Gasteiger partial charge in [-0.25, -0.2) is 13.1 Å². The maximum atomic E-state index is 12.3. The third-order valence-electron chi connectivity index (χ3n) is 3.09. The van der Waals surface area contributed by atoms with E-state index in [9.17, 15) is 18.5 Å². The van der Waals surface area contributed by atoms with E-state index in [0.29, 0.717) is 26.2 Å². The average molecular weight is 315 g/mol. The van der Waals surface area contributed by atoms with Crippen LogP contribution in [0.2, 0.25) is 0 Å². The van der Waals surface area contributed by atoms with Gasteiger partial charge in [0.05, 0.1) is 16.4 Å². The van der Waals surface area contributed by atoms with Crippen LogP contribution in [0.5, 0.6) is 0 Å². The Balaban J connectivity index is 2.30. The Hall–Kier alpha value is -1.71. The van der Waals surface area contributed by atoms with Crippen LogP contribution in [0.25, 0.3) is 0 Å². The van der Waals surface area contributed by atoms with Crippen molar-refractivity contribution in [1.82, 2.24) is 4.72 Å². The number of ether oxygens (including phenoxy) is 1. The van der Waals surface area contributed by atoms with Crippen LogP contribution in [0.3, 0.4) is 0 Å². The Morgan fingerprint density at radius 1 is 1.48 bits per heavy atom. The zero-order valence-corrected chi connectivity index (χ0v) is 12.4. The number of nitro benzene ring substituents is 1. The Labute approximate surface area is 122 Å². The van der Waals surface area contributed by atoms with Gasteiger partial charge in [0.15, 0.2) is 0 Å². The van der Waals surface area contributed by atoms with Crippen LogP contribution in [0.1, 0.15) is 13.3 Å². The molecule has 2 rings (SSSR count). The van der Waals surface area contributed by atoms with E-state index in [4.69, 9.17) is 4.74 Å². The van der Waals surface area contributed by atoms with Crippen LogP contribution in [0, 0.1) is 10.1 Å². The maximum Gasteiger partial charge on any atom is 0.292 e. The molecule has 8 nitrogen and oxygen atoms in total. The summed E-state index contributed by atoms with van der Waals surface area (Å²) >= 11 is 0. The fourth-order valence-corrected chi connectivity index (χ4v) is 3.37. The fourth-order valence-electron chi connectivity index (χ4n) is 2.09. The van der Waals surface area contributed by atoms with Gasteiger partial charge in [-0.3, -0.25) is 10.1 Å². The second-order valence-electron chi connectivity index (χ2n) is 4.65. The van der Waals surface area contributed by atoms with Crippen molar-refractivity contribution in [2.75, 3.05) is 25.1 Å². The van der Waals surface area contributed by atoms with Crippen molar-refractivity contribution in [3.05, 3.63) is 28.3 Å². The molecule has 1 heterocycles. The Kier molecular flexibility index (Phi) is 4.76. The van der Waals surface area contributed by atoms with Gasteiger partial charge >= 0.3 is 0 Å². The van der Waals surface area contributed by atoms with Gasteiger partial charge in [0.25, 0.3) is 5.69 Å². The highest BCUT2D eigenvalue weighted by molar-refractivity contribution is 7.89. The maximum absolute atomic E-state index is 12.3. The number of hydrogen-bond donors (Lipinski definition) is 2. The average Bonchev–Trinajstić information content (AvgIpc) is 2.91. The zero-order valence-electron chi connectivity index (χ0n) is 11.5. The number of rotatable bonds is 6. The van der Waals surface area contributed by atoms with Gasteiger partial charge in [-0.2, -0.15) is 0 Å². The molecule has 1 aromatic rings. The predicted octanol–water partition coefficient (Wildman–Crippen LogP) is 1.09. The van der Waals surface area contributed by atoms with E-state index in [1.807, 2.05) is 0 Å². The summed E-state index contributed by atoms with van der Waals surface area (Å²) in [6, 6.07) is 3.45. The molecule has 1 aromatic carbocycles. The molecule has 116 valence electrons. The lowest BCUT2D eigenvalue weighted by atomic mass is 10.2. The third-order valence-corrected chi connectivity index (χ3v) is 4.61. The minimum absolute atomic E-state index is 0.00375. The van der Waals surface area contributed by atoms with Gasteiger partial charge < -0.3 is 10.1 Å². The molecule has 0 radical (unpaired) electrons. The number of nitrogens with zero attached hydrogens (tertiary/aromatic N) is 1. The molecule has 21 heavy (non-hydrogen) atoms. The van der Waals surface area contributed by atoms with Gasteiger partial charge in [-0.1, -0.05) is 0 Å². The predicted molar refractivity (Wildman–Crippen MR) is 76.8 cm³/mol. The highest BCUT2D eigenvalue weighted by Crippen LogP contribution is 2.27. The molecule has 1 saturated heterocycles. The summed E-state index contributed by atoms with van der Waals surface area (Å²) in [5.41, 5.74) is 0.0352. The van der Waals surface area contributed by atoms with Gasteiger partial charge in [0, 0.05) is 25.3 Å². The zero-order chi connectivity index (χ0) is 15.5. The molecular weight excluding hydrogens is 298 g/mol. The van der Waals surface area contributed by atoms with Crippen molar-refractivity contribution < 1.29 is 18.1 Å². The summed E-state index contributed by atoms with van der Waals surface area (Å²) in [4.78, 5) is 10.4. The lowest BCUT2D eigenvalue weighted by Gasteiger charge is -2.12. The molecule has 0 saturated carbocycles. The van der Waals surface area contributed by atoms with Gasteiger partial charge in [0.1, 0.15) is 5.69 Å². The number of anilines is 1. The normalized spacial score (nSPS) is 18.6.